The lowest BCUT2D eigenvalue weighted by Crippen LogP contribution is -2.21. The zero-order valence-corrected chi connectivity index (χ0v) is 21.0. The van der Waals surface area contributed by atoms with Crippen LogP contribution in [0.2, 0.25) is 0 Å². The van der Waals surface area contributed by atoms with E-state index >= 15 is 0 Å². The van der Waals surface area contributed by atoms with Gasteiger partial charge >= 0.3 is 11.9 Å². The molecule has 2 aromatic heterocycles. The number of thiophene rings is 2. The maximum atomic E-state index is 12.5. The molecule has 0 saturated heterocycles. The molecule has 1 aliphatic rings. The summed E-state index contributed by atoms with van der Waals surface area (Å²) in [6, 6.07) is 1.86. The first-order valence-electron chi connectivity index (χ1n) is 10.7. The SMILES string of the molecule is CCOC(=O)c1c(NC(=O)COC(=O)c2cc3c(s2)CC[C@@H](C)C3)sc(C(=O)N(C)C)c1C. The third-order valence-corrected chi connectivity index (χ3v) is 7.76. The van der Waals surface area contributed by atoms with Gasteiger partial charge in [0.2, 0.25) is 0 Å². The molecule has 10 heteroatoms. The van der Waals surface area contributed by atoms with Gasteiger partial charge in [0.25, 0.3) is 11.8 Å². The number of fused-ring (bicyclic) bond motifs is 1. The molecule has 3 rings (SSSR count). The highest BCUT2D eigenvalue weighted by Crippen LogP contribution is 2.35. The number of amides is 2. The summed E-state index contributed by atoms with van der Waals surface area (Å²) < 4.78 is 10.3. The number of hydrogen-bond acceptors (Lipinski definition) is 8. The molecule has 8 nitrogen and oxygen atoms in total. The number of nitrogens with one attached hydrogen (secondary N) is 1. The molecule has 0 unspecified atom stereocenters. The minimum atomic E-state index is -0.630. The fraction of sp³-hybridized carbons (Fsp3) is 0.478. The largest absolute Gasteiger partial charge is 0.462 e. The maximum Gasteiger partial charge on any atom is 0.348 e. The number of anilines is 1. The van der Waals surface area contributed by atoms with Crippen molar-refractivity contribution in [2.45, 2.75) is 40.0 Å². The van der Waals surface area contributed by atoms with Crippen LogP contribution < -0.4 is 5.32 Å². The molecule has 2 heterocycles. The topological polar surface area (TPSA) is 102 Å². The van der Waals surface area contributed by atoms with Crippen molar-refractivity contribution in [1.82, 2.24) is 4.90 Å². The molecule has 0 saturated carbocycles. The van der Waals surface area contributed by atoms with E-state index < -0.39 is 24.5 Å². The number of carbonyl (C=O) groups excluding carboxylic acids is 4. The minimum Gasteiger partial charge on any atom is -0.462 e. The van der Waals surface area contributed by atoms with E-state index in [-0.39, 0.29) is 23.1 Å². The van der Waals surface area contributed by atoms with Crippen LogP contribution in [0, 0.1) is 12.8 Å². The summed E-state index contributed by atoms with van der Waals surface area (Å²) >= 11 is 2.41. The number of hydrogen-bond donors (Lipinski definition) is 1. The molecule has 0 radical (unpaired) electrons. The van der Waals surface area contributed by atoms with Crippen LogP contribution in [0.4, 0.5) is 5.00 Å². The molecule has 1 N–H and O–H groups in total. The van der Waals surface area contributed by atoms with Crippen LogP contribution >= 0.6 is 22.7 Å². The normalized spacial score (nSPS) is 14.9. The number of aryl methyl sites for hydroxylation is 1. The van der Waals surface area contributed by atoms with Crippen LogP contribution in [0.1, 0.15) is 66.0 Å². The highest BCUT2D eigenvalue weighted by Gasteiger charge is 2.28. The molecular formula is C23H28N2O6S2. The lowest BCUT2D eigenvalue weighted by Gasteiger charge is -2.16. The van der Waals surface area contributed by atoms with E-state index in [1.54, 1.807) is 27.9 Å². The van der Waals surface area contributed by atoms with Gasteiger partial charge in [0.15, 0.2) is 6.61 Å². The molecule has 0 fully saturated rings. The first-order chi connectivity index (χ1) is 15.6. The van der Waals surface area contributed by atoms with Gasteiger partial charge in [0, 0.05) is 19.0 Å². The molecule has 0 aliphatic heterocycles. The van der Waals surface area contributed by atoms with Gasteiger partial charge in [-0.2, -0.15) is 0 Å². The van der Waals surface area contributed by atoms with E-state index in [1.165, 1.54) is 26.7 Å². The summed E-state index contributed by atoms with van der Waals surface area (Å²) in [4.78, 5) is 53.3. The monoisotopic (exact) mass is 492 g/mol. The molecule has 2 amide bonds. The van der Waals surface area contributed by atoms with E-state index in [1.807, 2.05) is 6.07 Å². The second kappa shape index (κ2) is 10.5. The van der Waals surface area contributed by atoms with Gasteiger partial charge in [-0.1, -0.05) is 6.92 Å². The van der Waals surface area contributed by atoms with Crippen LogP contribution in [0.25, 0.3) is 0 Å². The average Bonchev–Trinajstić information content (AvgIpc) is 3.32. The second-order valence-corrected chi connectivity index (χ2v) is 10.4. The number of nitrogens with zero attached hydrogens (tertiary/aromatic N) is 1. The van der Waals surface area contributed by atoms with Gasteiger partial charge in [-0.3, -0.25) is 9.59 Å². The van der Waals surface area contributed by atoms with Crippen molar-refractivity contribution in [3.63, 3.8) is 0 Å². The Hall–Kier alpha value is -2.72. The van der Waals surface area contributed by atoms with Gasteiger partial charge in [0.05, 0.1) is 17.0 Å². The molecule has 0 aromatic carbocycles. The lowest BCUT2D eigenvalue weighted by molar-refractivity contribution is -0.119. The van der Waals surface area contributed by atoms with Crippen molar-refractivity contribution in [2.24, 2.45) is 5.92 Å². The number of ether oxygens (including phenoxy) is 2. The highest BCUT2D eigenvalue weighted by atomic mass is 32.1. The smallest absolute Gasteiger partial charge is 0.348 e. The van der Waals surface area contributed by atoms with Crippen molar-refractivity contribution < 1.29 is 28.7 Å². The fourth-order valence-corrected chi connectivity index (χ4v) is 5.96. The minimum absolute atomic E-state index is 0.131. The van der Waals surface area contributed by atoms with E-state index in [2.05, 4.69) is 12.2 Å². The molecule has 2 aromatic rings. The summed E-state index contributed by atoms with van der Waals surface area (Å²) in [5.74, 6) is -1.47. The number of esters is 2. The third-order valence-electron chi connectivity index (χ3n) is 5.34. The quantitative estimate of drug-likeness (QED) is 0.588. The molecule has 0 bridgehead atoms. The zero-order valence-electron chi connectivity index (χ0n) is 19.4. The van der Waals surface area contributed by atoms with Gasteiger partial charge < -0.3 is 19.7 Å². The Kier molecular flexibility index (Phi) is 7.91. The average molecular weight is 493 g/mol. The fourth-order valence-electron chi connectivity index (χ4n) is 3.63. The summed E-state index contributed by atoms with van der Waals surface area (Å²) in [5.41, 5.74) is 1.75. The Morgan fingerprint density at radius 1 is 1.15 bits per heavy atom. The molecule has 0 spiro atoms. The molecule has 33 heavy (non-hydrogen) atoms. The lowest BCUT2D eigenvalue weighted by atomic mass is 9.90. The van der Waals surface area contributed by atoms with Crippen molar-refractivity contribution >= 4 is 51.4 Å². The van der Waals surface area contributed by atoms with E-state index in [0.29, 0.717) is 21.2 Å². The first-order valence-corrected chi connectivity index (χ1v) is 12.4. The second-order valence-electron chi connectivity index (χ2n) is 8.21. The summed E-state index contributed by atoms with van der Waals surface area (Å²) in [6.07, 6.45) is 3.00. The highest BCUT2D eigenvalue weighted by molar-refractivity contribution is 7.18. The zero-order chi connectivity index (χ0) is 24.3. The van der Waals surface area contributed by atoms with Crippen molar-refractivity contribution in [1.29, 1.82) is 0 Å². The van der Waals surface area contributed by atoms with Crippen molar-refractivity contribution in [3.8, 4) is 0 Å². The van der Waals surface area contributed by atoms with Gasteiger partial charge in [-0.15, -0.1) is 22.7 Å². The Balaban J connectivity index is 1.70. The Bertz CT molecular complexity index is 1090. The van der Waals surface area contributed by atoms with Crippen molar-refractivity contribution in [3.05, 3.63) is 37.4 Å². The van der Waals surface area contributed by atoms with E-state index in [9.17, 15) is 19.2 Å². The molecule has 1 atom stereocenters. The van der Waals surface area contributed by atoms with Gasteiger partial charge in [-0.25, -0.2) is 9.59 Å². The maximum absolute atomic E-state index is 12.5. The van der Waals surface area contributed by atoms with Crippen molar-refractivity contribution in [2.75, 3.05) is 32.6 Å². The van der Waals surface area contributed by atoms with Crippen LogP contribution in [0.5, 0.6) is 0 Å². The Labute approximate surface area is 200 Å². The number of carbonyl (C=O) groups is 4. The Morgan fingerprint density at radius 2 is 1.88 bits per heavy atom. The van der Waals surface area contributed by atoms with Crippen LogP contribution in [0.3, 0.4) is 0 Å². The summed E-state index contributed by atoms with van der Waals surface area (Å²) in [6.45, 7) is 5.14. The predicted molar refractivity (Wildman–Crippen MR) is 127 cm³/mol. The van der Waals surface area contributed by atoms with Gasteiger partial charge in [0.1, 0.15) is 9.88 Å². The van der Waals surface area contributed by atoms with Gasteiger partial charge in [-0.05, 0) is 56.2 Å². The van der Waals surface area contributed by atoms with Crippen LogP contribution in [-0.2, 0) is 27.1 Å². The van der Waals surface area contributed by atoms with E-state index in [4.69, 9.17) is 9.47 Å². The Morgan fingerprint density at radius 3 is 2.55 bits per heavy atom. The third kappa shape index (κ3) is 5.62. The molecular weight excluding hydrogens is 464 g/mol. The first kappa shape index (κ1) is 24.9. The standard InChI is InChI=1S/C23H28N2O6S2/c1-6-30-23(29)18-13(3)19(21(27)25(4)5)33-20(18)24-17(26)11-31-22(28)16-10-14-9-12(2)7-8-15(14)32-16/h10,12H,6-9,11H2,1-5H3,(H,24,26)/t12-/m1/s1. The number of rotatable bonds is 7. The van der Waals surface area contributed by atoms with E-state index in [0.717, 1.165) is 30.6 Å². The summed E-state index contributed by atoms with van der Waals surface area (Å²) in [7, 11) is 3.21. The van der Waals surface area contributed by atoms with Crippen LogP contribution in [-0.4, -0.2) is 56.0 Å². The summed E-state index contributed by atoms with van der Waals surface area (Å²) in [5, 5.41) is 2.79. The predicted octanol–water partition coefficient (Wildman–Crippen LogP) is 3.92. The molecule has 178 valence electrons. The molecule has 1 aliphatic carbocycles. The van der Waals surface area contributed by atoms with Crippen LogP contribution in [0.15, 0.2) is 6.07 Å².